The Balaban J connectivity index is 3.22. The van der Waals surface area contributed by atoms with Crippen LogP contribution in [-0.2, 0) is 14.3 Å². The van der Waals surface area contributed by atoms with E-state index in [2.05, 4.69) is 4.74 Å². The Kier molecular flexibility index (Phi) is 3.75. The van der Waals surface area contributed by atoms with Gasteiger partial charge in [-0.2, -0.15) is 0 Å². The summed E-state index contributed by atoms with van der Waals surface area (Å²) in [6, 6.07) is 7.59. The molecule has 0 heterocycles. The molecule has 90 valence electrons. The fourth-order valence-electron chi connectivity index (χ4n) is 1.34. The van der Waals surface area contributed by atoms with Crippen molar-refractivity contribution >= 4 is 17.5 Å². The summed E-state index contributed by atoms with van der Waals surface area (Å²) in [5, 5.41) is 9.91. The topological polar surface area (TPSA) is 80.7 Å². The van der Waals surface area contributed by atoms with Gasteiger partial charge in [0.15, 0.2) is 5.78 Å². The number of benzene rings is 1. The van der Waals surface area contributed by atoms with Gasteiger partial charge in [-0.05, 0) is 6.92 Å². The number of ketones is 2. The highest BCUT2D eigenvalue weighted by atomic mass is 16.5. The van der Waals surface area contributed by atoms with Crippen LogP contribution in [0.2, 0.25) is 0 Å². The monoisotopic (exact) mass is 236 g/mol. The van der Waals surface area contributed by atoms with Crippen LogP contribution in [0.1, 0.15) is 17.3 Å². The molecule has 0 spiro atoms. The first kappa shape index (κ1) is 13.1. The summed E-state index contributed by atoms with van der Waals surface area (Å²) < 4.78 is 4.29. The number of methoxy groups -OCH3 is 1. The first-order chi connectivity index (χ1) is 7.94. The predicted molar refractivity (Wildman–Crippen MR) is 58.4 cm³/mol. The number of carbonyl (C=O) groups is 3. The molecule has 1 N–H and O–H groups in total. The van der Waals surface area contributed by atoms with Gasteiger partial charge in [0.05, 0.1) is 7.11 Å². The quantitative estimate of drug-likeness (QED) is 0.464. The minimum atomic E-state index is -2.77. The fraction of sp³-hybridized carbons (Fsp3) is 0.250. The maximum atomic E-state index is 11.9. The van der Waals surface area contributed by atoms with Crippen molar-refractivity contribution in [2.75, 3.05) is 7.11 Å². The van der Waals surface area contributed by atoms with Crippen molar-refractivity contribution in [1.29, 1.82) is 0 Å². The lowest BCUT2D eigenvalue weighted by Crippen LogP contribution is -2.53. The number of hydrogen-bond donors (Lipinski definition) is 1. The van der Waals surface area contributed by atoms with Crippen LogP contribution in [0.25, 0.3) is 0 Å². The highest BCUT2D eigenvalue weighted by molar-refractivity contribution is 6.29. The Morgan fingerprint density at radius 2 is 1.71 bits per heavy atom. The van der Waals surface area contributed by atoms with Crippen molar-refractivity contribution in [3.63, 3.8) is 0 Å². The molecule has 0 aliphatic rings. The van der Waals surface area contributed by atoms with Gasteiger partial charge in [0.2, 0.25) is 5.78 Å². The normalized spacial score (nSPS) is 13.6. The van der Waals surface area contributed by atoms with Crippen molar-refractivity contribution in [3.8, 4) is 0 Å². The van der Waals surface area contributed by atoms with Crippen molar-refractivity contribution in [2.45, 2.75) is 12.5 Å². The molecule has 1 aromatic carbocycles. The van der Waals surface area contributed by atoms with Crippen LogP contribution >= 0.6 is 0 Å². The Hall–Kier alpha value is -2.01. The van der Waals surface area contributed by atoms with Gasteiger partial charge in [-0.15, -0.1) is 0 Å². The molecule has 0 bridgehead atoms. The van der Waals surface area contributed by atoms with E-state index in [1.165, 1.54) is 12.1 Å². The minimum Gasteiger partial charge on any atom is -0.466 e. The van der Waals surface area contributed by atoms with Crippen LogP contribution < -0.4 is 0 Å². The lowest BCUT2D eigenvalue weighted by atomic mass is 9.89. The third kappa shape index (κ3) is 2.24. The zero-order valence-corrected chi connectivity index (χ0v) is 9.47. The van der Waals surface area contributed by atoms with Gasteiger partial charge in [0, 0.05) is 5.56 Å². The van der Waals surface area contributed by atoms with Gasteiger partial charge < -0.3 is 9.84 Å². The number of hydrogen-bond acceptors (Lipinski definition) is 5. The minimum absolute atomic E-state index is 0.0654. The molecular formula is C12H12O5. The van der Waals surface area contributed by atoms with E-state index in [1.807, 2.05) is 0 Å². The molecule has 0 amide bonds. The van der Waals surface area contributed by atoms with Crippen molar-refractivity contribution < 1.29 is 24.2 Å². The van der Waals surface area contributed by atoms with E-state index in [0.29, 0.717) is 0 Å². The molecular weight excluding hydrogens is 224 g/mol. The summed E-state index contributed by atoms with van der Waals surface area (Å²) in [7, 11) is 0.995. The molecule has 1 aromatic rings. The van der Waals surface area contributed by atoms with Crippen LogP contribution in [-0.4, -0.2) is 35.4 Å². The lowest BCUT2D eigenvalue weighted by Gasteiger charge is -2.20. The predicted octanol–water partition coefficient (Wildman–Crippen LogP) is 0.362. The Morgan fingerprint density at radius 3 is 2.12 bits per heavy atom. The summed E-state index contributed by atoms with van der Waals surface area (Å²) in [4.78, 5) is 34.6. The van der Waals surface area contributed by atoms with Gasteiger partial charge in [0.1, 0.15) is 0 Å². The highest BCUT2D eigenvalue weighted by Crippen LogP contribution is 2.16. The first-order valence-electron chi connectivity index (χ1n) is 4.86. The first-order valence-corrected chi connectivity index (χ1v) is 4.86. The summed E-state index contributed by atoms with van der Waals surface area (Å²) in [6.07, 6.45) is 0. The van der Waals surface area contributed by atoms with E-state index in [-0.39, 0.29) is 5.56 Å². The van der Waals surface area contributed by atoms with Crippen LogP contribution in [0.4, 0.5) is 0 Å². The summed E-state index contributed by atoms with van der Waals surface area (Å²) in [5.41, 5.74) is -2.70. The van der Waals surface area contributed by atoms with E-state index in [9.17, 15) is 19.5 Å². The van der Waals surface area contributed by atoms with E-state index >= 15 is 0 Å². The second-order valence-electron chi connectivity index (χ2n) is 3.45. The maximum Gasteiger partial charge on any atom is 0.354 e. The Bertz CT molecular complexity index is 451. The molecule has 5 heteroatoms. The number of aliphatic hydroxyl groups is 1. The zero-order valence-electron chi connectivity index (χ0n) is 9.47. The number of ether oxygens (including phenoxy) is 1. The van der Waals surface area contributed by atoms with Crippen LogP contribution in [0.3, 0.4) is 0 Å². The molecule has 0 saturated heterocycles. The van der Waals surface area contributed by atoms with Gasteiger partial charge in [-0.25, -0.2) is 4.79 Å². The molecule has 0 aromatic heterocycles. The Morgan fingerprint density at radius 1 is 1.18 bits per heavy atom. The van der Waals surface area contributed by atoms with Crippen LogP contribution in [0.5, 0.6) is 0 Å². The number of carbonyl (C=O) groups excluding carboxylic acids is 3. The SMILES string of the molecule is COC(=O)C(O)(C(C)=O)C(=O)c1ccccc1. The van der Waals surface area contributed by atoms with Crippen molar-refractivity contribution in [1.82, 2.24) is 0 Å². The van der Waals surface area contributed by atoms with Gasteiger partial charge in [-0.3, -0.25) is 9.59 Å². The number of rotatable bonds is 4. The average Bonchev–Trinajstić information content (AvgIpc) is 2.36. The van der Waals surface area contributed by atoms with E-state index in [1.54, 1.807) is 18.2 Å². The van der Waals surface area contributed by atoms with Gasteiger partial charge >= 0.3 is 5.97 Å². The fourth-order valence-corrected chi connectivity index (χ4v) is 1.34. The molecule has 1 unspecified atom stereocenters. The molecule has 17 heavy (non-hydrogen) atoms. The number of esters is 1. The summed E-state index contributed by atoms with van der Waals surface area (Å²) in [6.45, 7) is 0.956. The van der Waals surface area contributed by atoms with Crippen molar-refractivity contribution in [2.24, 2.45) is 0 Å². The molecule has 0 aliphatic heterocycles. The molecule has 0 saturated carbocycles. The van der Waals surface area contributed by atoms with E-state index in [4.69, 9.17) is 0 Å². The average molecular weight is 236 g/mol. The molecule has 5 nitrogen and oxygen atoms in total. The second kappa shape index (κ2) is 4.88. The third-order valence-electron chi connectivity index (χ3n) is 2.35. The molecule has 1 atom stereocenters. The molecule has 0 aliphatic carbocycles. The summed E-state index contributed by atoms with van der Waals surface area (Å²) >= 11 is 0. The van der Waals surface area contributed by atoms with Gasteiger partial charge in [0.25, 0.3) is 5.60 Å². The molecule has 0 radical (unpaired) electrons. The number of Topliss-reactive ketones (excluding diaryl/α,β-unsaturated/α-hetero) is 2. The smallest absolute Gasteiger partial charge is 0.354 e. The largest absolute Gasteiger partial charge is 0.466 e. The van der Waals surface area contributed by atoms with Crippen LogP contribution in [0.15, 0.2) is 30.3 Å². The van der Waals surface area contributed by atoms with Gasteiger partial charge in [-0.1, -0.05) is 30.3 Å². The molecule has 0 fully saturated rings. The van der Waals surface area contributed by atoms with E-state index < -0.39 is 23.1 Å². The highest BCUT2D eigenvalue weighted by Gasteiger charge is 2.50. The standard InChI is InChI=1S/C12H12O5/c1-8(13)12(16,11(15)17-2)10(14)9-6-4-3-5-7-9/h3-7,16H,1-2H3. The molecule has 1 rings (SSSR count). The summed E-state index contributed by atoms with van der Waals surface area (Å²) in [5.74, 6) is -3.24. The van der Waals surface area contributed by atoms with E-state index in [0.717, 1.165) is 14.0 Å². The second-order valence-corrected chi connectivity index (χ2v) is 3.45. The zero-order chi connectivity index (χ0) is 13.1. The maximum absolute atomic E-state index is 11.9. The third-order valence-corrected chi connectivity index (χ3v) is 2.35. The lowest BCUT2D eigenvalue weighted by molar-refractivity contribution is -0.161. The van der Waals surface area contributed by atoms with Crippen molar-refractivity contribution in [3.05, 3.63) is 35.9 Å². The van der Waals surface area contributed by atoms with Crippen LogP contribution in [0, 0.1) is 0 Å². The Labute approximate surface area is 98.0 Å².